The molecule has 0 spiro atoms. The van der Waals surface area contributed by atoms with Crippen LogP contribution in [0.5, 0.6) is 5.75 Å². The lowest BCUT2D eigenvalue weighted by Gasteiger charge is -2.21. The van der Waals surface area contributed by atoms with E-state index in [0.29, 0.717) is 18.3 Å². The fraction of sp³-hybridized carbons (Fsp3) is 0.500. The maximum Gasteiger partial charge on any atom is 0.337 e. The van der Waals surface area contributed by atoms with E-state index >= 15 is 0 Å². The van der Waals surface area contributed by atoms with Gasteiger partial charge in [-0.1, -0.05) is 19.3 Å². The average Bonchev–Trinajstić information content (AvgIpc) is 2.38. The second-order valence-corrected chi connectivity index (χ2v) is 4.87. The molecule has 0 amide bonds. The SMILES string of the molecule is Nc1ccc(OCC2CCCCC2)cc1C(=O)O. The zero-order valence-electron chi connectivity index (χ0n) is 10.4. The van der Waals surface area contributed by atoms with E-state index in [1.165, 1.54) is 38.2 Å². The smallest absolute Gasteiger partial charge is 0.337 e. The fourth-order valence-corrected chi connectivity index (χ4v) is 2.38. The molecule has 1 aromatic rings. The number of carbonyl (C=O) groups is 1. The lowest BCUT2D eigenvalue weighted by molar-refractivity contribution is 0.0697. The number of aromatic carboxylic acids is 1. The Labute approximate surface area is 107 Å². The lowest BCUT2D eigenvalue weighted by atomic mass is 9.90. The van der Waals surface area contributed by atoms with Crippen LogP contribution in [0.25, 0.3) is 0 Å². The quantitative estimate of drug-likeness (QED) is 0.805. The predicted molar refractivity (Wildman–Crippen MR) is 69.9 cm³/mol. The number of carboxylic acids is 1. The topological polar surface area (TPSA) is 72.5 Å². The Bertz CT molecular complexity index is 425. The molecule has 1 saturated carbocycles. The van der Waals surface area contributed by atoms with Crippen molar-refractivity contribution in [2.24, 2.45) is 5.92 Å². The molecule has 1 aliphatic rings. The largest absolute Gasteiger partial charge is 0.493 e. The van der Waals surface area contributed by atoms with Gasteiger partial charge in [-0.15, -0.1) is 0 Å². The van der Waals surface area contributed by atoms with Gasteiger partial charge in [0, 0.05) is 5.69 Å². The molecule has 3 N–H and O–H groups in total. The molecule has 0 heterocycles. The first-order chi connectivity index (χ1) is 8.66. The van der Waals surface area contributed by atoms with Crippen molar-refractivity contribution in [3.8, 4) is 5.75 Å². The molecular formula is C14H19NO3. The summed E-state index contributed by atoms with van der Waals surface area (Å²) in [6.07, 6.45) is 6.29. The van der Waals surface area contributed by atoms with E-state index in [4.69, 9.17) is 15.6 Å². The van der Waals surface area contributed by atoms with Gasteiger partial charge < -0.3 is 15.6 Å². The second kappa shape index (κ2) is 5.76. The Morgan fingerprint density at radius 2 is 2.06 bits per heavy atom. The number of carboxylic acid groups (broad SMARTS) is 1. The van der Waals surface area contributed by atoms with E-state index in [1.807, 2.05) is 0 Å². The molecule has 1 fully saturated rings. The highest BCUT2D eigenvalue weighted by Gasteiger charge is 2.15. The van der Waals surface area contributed by atoms with Crippen molar-refractivity contribution in [1.29, 1.82) is 0 Å². The van der Waals surface area contributed by atoms with Crippen molar-refractivity contribution in [2.75, 3.05) is 12.3 Å². The van der Waals surface area contributed by atoms with Crippen molar-refractivity contribution in [3.05, 3.63) is 23.8 Å². The summed E-state index contributed by atoms with van der Waals surface area (Å²) in [5, 5.41) is 8.97. The summed E-state index contributed by atoms with van der Waals surface area (Å²) < 4.78 is 5.67. The van der Waals surface area contributed by atoms with Gasteiger partial charge in [0.25, 0.3) is 0 Å². The van der Waals surface area contributed by atoms with Gasteiger partial charge in [-0.2, -0.15) is 0 Å². The standard InChI is InChI=1S/C14H19NO3/c15-13-7-6-11(8-12(13)14(16)17)18-9-10-4-2-1-3-5-10/h6-8,10H,1-5,9,15H2,(H,16,17). The molecule has 0 bridgehead atoms. The first kappa shape index (κ1) is 12.7. The van der Waals surface area contributed by atoms with Gasteiger partial charge >= 0.3 is 5.97 Å². The Hall–Kier alpha value is -1.71. The van der Waals surface area contributed by atoms with Crippen LogP contribution in [-0.2, 0) is 0 Å². The van der Waals surface area contributed by atoms with E-state index in [9.17, 15) is 4.79 Å². The third-order valence-corrected chi connectivity index (χ3v) is 3.47. The van der Waals surface area contributed by atoms with Gasteiger partial charge in [0.1, 0.15) is 5.75 Å². The average molecular weight is 249 g/mol. The molecule has 1 aliphatic carbocycles. The number of ether oxygens (including phenoxy) is 1. The van der Waals surface area contributed by atoms with E-state index in [2.05, 4.69) is 0 Å². The Kier molecular flexibility index (Phi) is 4.07. The number of rotatable bonds is 4. The van der Waals surface area contributed by atoms with E-state index < -0.39 is 5.97 Å². The number of hydrogen-bond acceptors (Lipinski definition) is 3. The van der Waals surface area contributed by atoms with Crippen LogP contribution in [0.15, 0.2) is 18.2 Å². The lowest BCUT2D eigenvalue weighted by Crippen LogP contribution is -2.15. The highest BCUT2D eigenvalue weighted by atomic mass is 16.5. The van der Waals surface area contributed by atoms with Crippen LogP contribution < -0.4 is 10.5 Å². The minimum absolute atomic E-state index is 0.108. The third-order valence-electron chi connectivity index (χ3n) is 3.47. The van der Waals surface area contributed by atoms with Crippen LogP contribution in [0.3, 0.4) is 0 Å². The second-order valence-electron chi connectivity index (χ2n) is 4.87. The van der Waals surface area contributed by atoms with Gasteiger partial charge in [-0.25, -0.2) is 4.79 Å². The molecule has 1 aromatic carbocycles. The maximum absolute atomic E-state index is 10.9. The molecule has 98 valence electrons. The molecule has 0 aliphatic heterocycles. The summed E-state index contributed by atoms with van der Waals surface area (Å²) in [6, 6.07) is 4.81. The molecular weight excluding hydrogens is 230 g/mol. The van der Waals surface area contributed by atoms with Crippen LogP contribution in [0.1, 0.15) is 42.5 Å². The molecule has 0 atom stereocenters. The zero-order valence-corrected chi connectivity index (χ0v) is 10.4. The van der Waals surface area contributed by atoms with E-state index in [0.717, 1.165) is 0 Å². The fourth-order valence-electron chi connectivity index (χ4n) is 2.38. The summed E-state index contributed by atoms with van der Waals surface area (Å²) >= 11 is 0. The van der Waals surface area contributed by atoms with Crippen molar-refractivity contribution in [2.45, 2.75) is 32.1 Å². The number of benzene rings is 1. The molecule has 0 unspecified atom stereocenters. The van der Waals surface area contributed by atoms with Crippen molar-refractivity contribution < 1.29 is 14.6 Å². The van der Waals surface area contributed by atoms with E-state index in [1.54, 1.807) is 12.1 Å². The van der Waals surface area contributed by atoms with Crippen molar-refractivity contribution in [1.82, 2.24) is 0 Å². The zero-order chi connectivity index (χ0) is 13.0. The first-order valence-corrected chi connectivity index (χ1v) is 6.42. The summed E-state index contributed by atoms with van der Waals surface area (Å²) in [5.74, 6) is 0.173. The summed E-state index contributed by atoms with van der Waals surface area (Å²) in [7, 11) is 0. The third kappa shape index (κ3) is 3.15. The van der Waals surface area contributed by atoms with Gasteiger partial charge in [0.05, 0.1) is 12.2 Å². The van der Waals surface area contributed by atoms with Gasteiger partial charge in [0.2, 0.25) is 0 Å². The molecule has 0 aromatic heterocycles. The number of hydrogen-bond donors (Lipinski definition) is 2. The first-order valence-electron chi connectivity index (χ1n) is 6.42. The monoisotopic (exact) mass is 249 g/mol. The Balaban J connectivity index is 1.96. The van der Waals surface area contributed by atoms with Crippen LogP contribution in [0.4, 0.5) is 5.69 Å². The number of nitrogens with two attached hydrogens (primary N) is 1. The van der Waals surface area contributed by atoms with Gasteiger partial charge in [-0.05, 0) is 37.0 Å². The van der Waals surface area contributed by atoms with Gasteiger partial charge in [-0.3, -0.25) is 0 Å². The Morgan fingerprint density at radius 1 is 1.33 bits per heavy atom. The number of nitrogen functional groups attached to an aromatic ring is 1. The maximum atomic E-state index is 10.9. The highest BCUT2D eigenvalue weighted by molar-refractivity contribution is 5.94. The number of anilines is 1. The van der Waals surface area contributed by atoms with Crippen LogP contribution in [-0.4, -0.2) is 17.7 Å². The summed E-state index contributed by atoms with van der Waals surface area (Å²) in [6.45, 7) is 0.670. The van der Waals surface area contributed by atoms with Crippen molar-refractivity contribution in [3.63, 3.8) is 0 Å². The van der Waals surface area contributed by atoms with Crippen LogP contribution in [0.2, 0.25) is 0 Å². The summed E-state index contributed by atoms with van der Waals surface area (Å²) in [4.78, 5) is 10.9. The minimum Gasteiger partial charge on any atom is -0.493 e. The molecule has 18 heavy (non-hydrogen) atoms. The van der Waals surface area contributed by atoms with Crippen LogP contribution >= 0.6 is 0 Å². The Morgan fingerprint density at radius 3 is 2.72 bits per heavy atom. The van der Waals surface area contributed by atoms with Gasteiger partial charge in [0.15, 0.2) is 0 Å². The van der Waals surface area contributed by atoms with Crippen LogP contribution in [0, 0.1) is 5.92 Å². The normalized spacial score (nSPS) is 16.4. The molecule has 0 radical (unpaired) electrons. The molecule has 4 heteroatoms. The van der Waals surface area contributed by atoms with E-state index in [-0.39, 0.29) is 11.3 Å². The predicted octanol–water partition coefficient (Wildman–Crippen LogP) is 2.93. The molecule has 4 nitrogen and oxygen atoms in total. The molecule has 0 saturated heterocycles. The molecule has 2 rings (SSSR count). The minimum atomic E-state index is -1.02. The highest BCUT2D eigenvalue weighted by Crippen LogP contribution is 2.25. The van der Waals surface area contributed by atoms with Crippen molar-refractivity contribution >= 4 is 11.7 Å². The summed E-state index contributed by atoms with van der Waals surface area (Å²) in [5.41, 5.74) is 5.97.